The Morgan fingerprint density at radius 2 is 2.16 bits per heavy atom. The Hall–Kier alpha value is -1.35. The maximum atomic E-state index is 11.9. The molecule has 2 atom stereocenters. The molecule has 1 aliphatic heterocycles. The fourth-order valence-corrected chi connectivity index (χ4v) is 2.60. The van der Waals surface area contributed by atoms with Gasteiger partial charge in [-0.3, -0.25) is 9.69 Å². The maximum Gasteiger partial charge on any atom is 0.234 e. The van der Waals surface area contributed by atoms with E-state index in [1.54, 1.807) is 0 Å². The van der Waals surface area contributed by atoms with Gasteiger partial charge in [-0.1, -0.05) is 37.3 Å². The van der Waals surface area contributed by atoms with E-state index < -0.39 is 0 Å². The summed E-state index contributed by atoms with van der Waals surface area (Å²) < 4.78 is 0. The molecule has 104 valence electrons. The molecule has 0 aliphatic carbocycles. The van der Waals surface area contributed by atoms with Crippen LogP contribution in [0.4, 0.5) is 0 Å². The van der Waals surface area contributed by atoms with Crippen LogP contribution in [0.3, 0.4) is 0 Å². The van der Waals surface area contributed by atoms with E-state index in [0.717, 1.165) is 25.9 Å². The van der Waals surface area contributed by atoms with Gasteiger partial charge in [0.25, 0.3) is 0 Å². The minimum atomic E-state index is 0.156. The topological polar surface area (TPSA) is 32.3 Å². The molecule has 1 amide bonds. The fraction of sp³-hybridized carbons (Fsp3) is 0.562. The van der Waals surface area contributed by atoms with Crippen LogP contribution in [0, 0.1) is 0 Å². The van der Waals surface area contributed by atoms with Gasteiger partial charge in [-0.2, -0.15) is 0 Å². The first kappa shape index (κ1) is 14.1. The van der Waals surface area contributed by atoms with E-state index in [0.29, 0.717) is 12.5 Å². The van der Waals surface area contributed by atoms with Crippen molar-refractivity contribution in [3.05, 3.63) is 35.9 Å². The van der Waals surface area contributed by atoms with Crippen LogP contribution in [0.15, 0.2) is 30.3 Å². The largest absolute Gasteiger partial charge is 0.353 e. The molecule has 0 aromatic heterocycles. The number of rotatable bonds is 5. The van der Waals surface area contributed by atoms with E-state index in [4.69, 9.17) is 0 Å². The third-order valence-electron chi connectivity index (χ3n) is 3.93. The van der Waals surface area contributed by atoms with Gasteiger partial charge < -0.3 is 5.32 Å². The normalized spacial score (nSPS) is 21.3. The number of nitrogens with one attached hydrogen (secondary N) is 1. The van der Waals surface area contributed by atoms with E-state index in [1.165, 1.54) is 5.56 Å². The van der Waals surface area contributed by atoms with E-state index in [2.05, 4.69) is 54.4 Å². The molecule has 19 heavy (non-hydrogen) atoms. The number of benzene rings is 1. The van der Waals surface area contributed by atoms with Crippen molar-refractivity contribution < 1.29 is 4.79 Å². The zero-order valence-electron chi connectivity index (χ0n) is 11.9. The van der Waals surface area contributed by atoms with Gasteiger partial charge in [-0.25, -0.2) is 0 Å². The summed E-state index contributed by atoms with van der Waals surface area (Å²) in [5.41, 5.74) is 1.40. The molecule has 3 nitrogen and oxygen atoms in total. The summed E-state index contributed by atoms with van der Waals surface area (Å²) in [4.78, 5) is 14.1. The summed E-state index contributed by atoms with van der Waals surface area (Å²) in [6.45, 7) is 6.69. The van der Waals surface area contributed by atoms with Crippen molar-refractivity contribution in [3.63, 3.8) is 0 Å². The number of amides is 1. The summed E-state index contributed by atoms with van der Waals surface area (Å²) in [5, 5.41) is 3.03. The Balaban J connectivity index is 1.81. The molecule has 0 spiro atoms. The van der Waals surface area contributed by atoms with Crippen molar-refractivity contribution in [2.75, 3.05) is 19.6 Å². The second-order valence-electron chi connectivity index (χ2n) is 5.51. The molecule has 0 bridgehead atoms. The van der Waals surface area contributed by atoms with Gasteiger partial charge in [0.05, 0.1) is 6.54 Å². The summed E-state index contributed by atoms with van der Waals surface area (Å²) >= 11 is 0. The number of likely N-dealkylation sites (tertiary alicyclic amines) is 1. The van der Waals surface area contributed by atoms with Crippen LogP contribution in [0.2, 0.25) is 0 Å². The Kier molecular flexibility index (Phi) is 4.97. The summed E-state index contributed by atoms with van der Waals surface area (Å²) in [5.74, 6) is 0.737. The highest BCUT2D eigenvalue weighted by atomic mass is 16.2. The summed E-state index contributed by atoms with van der Waals surface area (Å²) in [7, 11) is 0. The van der Waals surface area contributed by atoms with Crippen LogP contribution in [0.25, 0.3) is 0 Å². The van der Waals surface area contributed by atoms with Crippen molar-refractivity contribution in [1.82, 2.24) is 10.2 Å². The van der Waals surface area contributed by atoms with E-state index in [1.807, 2.05) is 0 Å². The number of carbonyl (C=O) groups is 1. The van der Waals surface area contributed by atoms with Crippen molar-refractivity contribution >= 4 is 5.91 Å². The Labute approximate surface area is 116 Å². The zero-order chi connectivity index (χ0) is 13.7. The maximum absolute atomic E-state index is 11.9. The monoisotopic (exact) mass is 260 g/mol. The minimum absolute atomic E-state index is 0.156. The molecule has 2 unspecified atom stereocenters. The highest BCUT2D eigenvalue weighted by molar-refractivity contribution is 5.78. The van der Waals surface area contributed by atoms with Gasteiger partial charge in [0.1, 0.15) is 0 Å². The number of hydrogen-bond acceptors (Lipinski definition) is 2. The molecule has 1 aliphatic rings. The fourth-order valence-electron chi connectivity index (χ4n) is 2.60. The quantitative estimate of drug-likeness (QED) is 0.881. The summed E-state index contributed by atoms with van der Waals surface area (Å²) in [6, 6.07) is 10.9. The molecule has 0 radical (unpaired) electrons. The second-order valence-corrected chi connectivity index (χ2v) is 5.51. The lowest BCUT2D eigenvalue weighted by molar-refractivity contribution is -0.122. The first-order valence-electron chi connectivity index (χ1n) is 7.25. The average molecular weight is 260 g/mol. The lowest BCUT2D eigenvalue weighted by Gasteiger charge is -2.18. The predicted molar refractivity (Wildman–Crippen MR) is 78.1 cm³/mol. The van der Waals surface area contributed by atoms with Crippen LogP contribution in [0.5, 0.6) is 0 Å². The zero-order valence-corrected chi connectivity index (χ0v) is 11.9. The number of carbonyl (C=O) groups excluding carboxylic acids is 1. The molecule has 1 heterocycles. The van der Waals surface area contributed by atoms with Crippen LogP contribution in [-0.4, -0.2) is 36.5 Å². The van der Waals surface area contributed by atoms with E-state index in [-0.39, 0.29) is 11.9 Å². The van der Waals surface area contributed by atoms with E-state index in [9.17, 15) is 4.79 Å². The highest BCUT2D eigenvalue weighted by Gasteiger charge is 2.25. The Morgan fingerprint density at radius 1 is 1.42 bits per heavy atom. The van der Waals surface area contributed by atoms with Crippen LogP contribution >= 0.6 is 0 Å². The SMILES string of the molecule is CCC(C)NC(=O)CN1CCC(c2ccccc2)C1. The van der Waals surface area contributed by atoms with Gasteiger partial charge in [-0.05, 0) is 37.8 Å². The van der Waals surface area contributed by atoms with Crippen molar-refractivity contribution in [2.45, 2.75) is 38.6 Å². The molecule has 0 saturated carbocycles. The van der Waals surface area contributed by atoms with Gasteiger partial charge in [-0.15, -0.1) is 0 Å². The molecular weight excluding hydrogens is 236 g/mol. The van der Waals surface area contributed by atoms with Gasteiger partial charge in [0, 0.05) is 12.6 Å². The Morgan fingerprint density at radius 3 is 2.84 bits per heavy atom. The third-order valence-corrected chi connectivity index (χ3v) is 3.93. The Bertz CT molecular complexity index is 404. The van der Waals surface area contributed by atoms with Crippen molar-refractivity contribution in [1.29, 1.82) is 0 Å². The number of hydrogen-bond donors (Lipinski definition) is 1. The average Bonchev–Trinajstić information content (AvgIpc) is 2.88. The predicted octanol–water partition coefficient (Wildman–Crippen LogP) is 2.39. The third kappa shape index (κ3) is 4.06. The van der Waals surface area contributed by atoms with Crippen LogP contribution < -0.4 is 5.32 Å². The smallest absolute Gasteiger partial charge is 0.234 e. The van der Waals surface area contributed by atoms with E-state index >= 15 is 0 Å². The molecule has 1 N–H and O–H groups in total. The number of nitrogens with zero attached hydrogens (tertiary/aromatic N) is 1. The first-order chi connectivity index (χ1) is 9.19. The van der Waals surface area contributed by atoms with Crippen LogP contribution in [-0.2, 0) is 4.79 Å². The summed E-state index contributed by atoms with van der Waals surface area (Å²) in [6.07, 6.45) is 2.14. The van der Waals surface area contributed by atoms with Gasteiger partial charge in [0.2, 0.25) is 5.91 Å². The molecule has 1 aromatic rings. The standard InChI is InChI=1S/C16H24N2O/c1-3-13(2)17-16(19)12-18-10-9-15(11-18)14-7-5-4-6-8-14/h4-8,13,15H,3,9-12H2,1-2H3,(H,17,19). The molecule has 1 aromatic carbocycles. The first-order valence-corrected chi connectivity index (χ1v) is 7.25. The second kappa shape index (κ2) is 6.71. The highest BCUT2D eigenvalue weighted by Crippen LogP contribution is 2.26. The van der Waals surface area contributed by atoms with Crippen LogP contribution in [0.1, 0.15) is 38.2 Å². The molecule has 1 fully saturated rings. The molecule has 3 heteroatoms. The lowest BCUT2D eigenvalue weighted by Crippen LogP contribution is -2.40. The molecule has 2 rings (SSSR count). The van der Waals surface area contributed by atoms with Crippen molar-refractivity contribution in [2.24, 2.45) is 0 Å². The lowest BCUT2D eigenvalue weighted by atomic mass is 9.99. The van der Waals surface area contributed by atoms with Gasteiger partial charge in [0.15, 0.2) is 0 Å². The molecule has 1 saturated heterocycles. The molecular formula is C16H24N2O. The van der Waals surface area contributed by atoms with Crippen molar-refractivity contribution in [3.8, 4) is 0 Å². The minimum Gasteiger partial charge on any atom is -0.353 e. The van der Waals surface area contributed by atoms with Gasteiger partial charge >= 0.3 is 0 Å².